The van der Waals surface area contributed by atoms with Crippen molar-refractivity contribution < 1.29 is 14.3 Å². The van der Waals surface area contributed by atoms with Gasteiger partial charge in [0.25, 0.3) is 0 Å². The summed E-state index contributed by atoms with van der Waals surface area (Å²) in [5.74, 6) is 0.758. The van der Waals surface area contributed by atoms with Crippen molar-refractivity contribution in [1.82, 2.24) is 10.2 Å². The monoisotopic (exact) mass is 436 g/mol. The van der Waals surface area contributed by atoms with Gasteiger partial charge in [-0.2, -0.15) is 0 Å². The molecule has 2 aromatic carbocycles. The van der Waals surface area contributed by atoms with Crippen molar-refractivity contribution in [3.05, 3.63) is 65.7 Å². The Morgan fingerprint density at radius 3 is 2.31 bits per heavy atom. The van der Waals surface area contributed by atoms with Gasteiger partial charge in [0, 0.05) is 19.0 Å². The van der Waals surface area contributed by atoms with Gasteiger partial charge in [-0.25, -0.2) is 0 Å². The molecule has 5 nitrogen and oxygen atoms in total. The van der Waals surface area contributed by atoms with Crippen LogP contribution in [0.25, 0.3) is 0 Å². The molecule has 0 bridgehead atoms. The molecule has 0 aliphatic heterocycles. The van der Waals surface area contributed by atoms with Gasteiger partial charge in [0.2, 0.25) is 11.8 Å². The molecule has 1 fully saturated rings. The fourth-order valence-electron chi connectivity index (χ4n) is 4.43. The Labute approximate surface area is 192 Å². The van der Waals surface area contributed by atoms with Crippen molar-refractivity contribution in [2.75, 3.05) is 7.11 Å². The van der Waals surface area contributed by atoms with Crippen LogP contribution in [0.15, 0.2) is 54.6 Å². The molecule has 5 heteroatoms. The second kappa shape index (κ2) is 12.3. The Balaban J connectivity index is 1.74. The van der Waals surface area contributed by atoms with Crippen molar-refractivity contribution in [3.63, 3.8) is 0 Å². The van der Waals surface area contributed by atoms with Crippen molar-refractivity contribution in [2.45, 2.75) is 76.9 Å². The van der Waals surface area contributed by atoms with E-state index in [-0.39, 0.29) is 17.9 Å². The Morgan fingerprint density at radius 1 is 1.00 bits per heavy atom. The number of aryl methyl sites for hydroxylation is 1. The fraction of sp³-hybridized carbons (Fsp3) is 0.481. The summed E-state index contributed by atoms with van der Waals surface area (Å²) in [6.07, 6.45) is 7.26. The van der Waals surface area contributed by atoms with Crippen LogP contribution in [0.5, 0.6) is 5.75 Å². The van der Waals surface area contributed by atoms with Crippen molar-refractivity contribution in [3.8, 4) is 5.75 Å². The van der Waals surface area contributed by atoms with Crippen LogP contribution >= 0.6 is 0 Å². The number of methoxy groups -OCH3 is 1. The number of carbonyl (C=O) groups excluding carboxylic acids is 2. The maximum atomic E-state index is 13.4. The lowest BCUT2D eigenvalue weighted by Gasteiger charge is -2.33. The maximum Gasteiger partial charge on any atom is 0.243 e. The number of hydrogen-bond acceptors (Lipinski definition) is 3. The number of nitrogens with one attached hydrogen (secondary N) is 1. The first kappa shape index (κ1) is 23.8. The topological polar surface area (TPSA) is 58.6 Å². The number of ether oxygens (including phenoxy) is 1. The quantitative estimate of drug-likeness (QED) is 0.577. The molecule has 0 aromatic heterocycles. The highest BCUT2D eigenvalue weighted by atomic mass is 16.5. The summed E-state index contributed by atoms with van der Waals surface area (Å²) in [5, 5.41) is 3.23. The summed E-state index contributed by atoms with van der Waals surface area (Å²) in [6, 6.07) is 17.5. The van der Waals surface area contributed by atoms with E-state index in [1.165, 1.54) is 6.42 Å². The first-order chi connectivity index (χ1) is 15.6. The van der Waals surface area contributed by atoms with Gasteiger partial charge < -0.3 is 15.0 Å². The molecule has 1 unspecified atom stereocenters. The van der Waals surface area contributed by atoms with Crippen molar-refractivity contribution in [2.24, 2.45) is 0 Å². The highest BCUT2D eigenvalue weighted by molar-refractivity contribution is 5.88. The van der Waals surface area contributed by atoms with Crippen LogP contribution in [-0.2, 0) is 22.6 Å². The maximum absolute atomic E-state index is 13.4. The summed E-state index contributed by atoms with van der Waals surface area (Å²) in [6.45, 7) is 2.39. The van der Waals surface area contributed by atoms with E-state index in [2.05, 4.69) is 5.32 Å². The van der Waals surface area contributed by atoms with Crippen LogP contribution in [0.2, 0.25) is 0 Å². The molecule has 1 saturated carbocycles. The molecule has 0 spiro atoms. The summed E-state index contributed by atoms with van der Waals surface area (Å²) in [5.41, 5.74) is 2.12. The Kier molecular flexibility index (Phi) is 9.14. The summed E-state index contributed by atoms with van der Waals surface area (Å²) in [7, 11) is 1.64. The second-order valence-electron chi connectivity index (χ2n) is 8.62. The molecule has 0 heterocycles. The standard InChI is InChI=1S/C27H36N2O3/c1-3-25(27(31)28-23-12-8-5-9-13-23)29(20-22-14-17-24(32-2)18-15-22)26(30)19-16-21-10-6-4-7-11-21/h4,6-7,10-11,14-15,17-18,23,25H,3,5,8-9,12-13,16,19-20H2,1-2H3,(H,28,31). The first-order valence-electron chi connectivity index (χ1n) is 11.9. The van der Waals surface area contributed by atoms with E-state index in [9.17, 15) is 9.59 Å². The zero-order valence-electron chi connectivity index (χ0n) is 19.4. The lowest BCUT2D eigenvalue weighted by molar-refractivity contribution is -0.141. The molecule has 32 heavy (non-hydrogen) atoms. The number of benzene rings is 2. The molecule has 1 aliphatic rings. The third-order valence-corrected chi connectivity index (χ3v) is 6.32. The van der Waals surface area contributed by atoms with Crippen molar-refractivity contribution >= 4 is 11.8 Å². The van der Waals surface area contributed by atoms with E-state index in [4.69, 9.17) is 4.74 Å². The van der Waals surface area contributed by atoms with E-state index in [0.717, 1.165) is 42.6 Å². The highest BCUT2D eigenvalue weighted by Gasteiger charge is 2.30. The smallest absolute Gasteiger partial charge is 0.243 e. The van der Waals surface area contributed by atoms with Gasteiger partial charge >= 0.3 is 0 Å². The van der Waals surface area contributed by atoms with E-state index < -0.39 is 6.04 Å². The number of hydrogen-bond donors (Lipinski definition) is 1. The van der Waals surface area contributed by atoms with E-state index in [1.807, 2.05) is 61.5 Å². The predicted molar refractivity (Wildman–Crippen MR) is 127 cm³/mol. The molecule has 1 atom stereocenters. The number of rotatable bonds is 10. The van der Waals surface area contributed by atoms with Gasteiger partial charge in [-0.3, -0.25) is 9.59 Å². The molecule has 172 valence electrons. The largest absolute Gasteiger partial charge is 0.497 e. The lowest BCUT2D eigenvalue weighted by Crippen LogP contribution is -2.51. The minimum Gasteiger partial charge on any atom is -0.497 e. The van der Waals surface area contributed by atoms with Gasteiger partial charge in [-0.15, -0.1) is 0 Å². The third kappa shape index (κ3) is 6.84. The minimum absolute atomic E-state index is 0.00955. The normalized spacial score (nSPS) is 15.1. The third-order valence-electron chi connectivity index (χ3n) is 6.32. The Bertz CT molecular complexity index is 845. The molecular weight excluding hydrogens is 400 g/mol. The minimum atomic E-state index is -0.470. The molecule has 0 saturated heterocycles. The Hall–Kier alpha value is -2.82. The van der Waals surface area contributed by atoms with Crippen LogP contribution in [0.3, 0.4) is 0 Å². The lowest BCUT2D eigenvalue weighted by atomic mass is 9.95. The molecule has 1 aliphatic carbocycles. The number of nitrogens with zero attached hydrogens (tertiary/aromatic N) is 1. The van der Waals surface area contributed by atoms with Crippen molar-refractivity contribution in [1.29, 1.82) is 0 Å². The van der Waals surface area contributed by atoms with Gasteiger partial charge in [0.15, 0.2) is 0 Å². The van der Waals surface area contributed by atoms with Gasteiger partial charge in [0.1, 0.15) is 11.8 Å². The molecule has 1 N–H and O–H groups in total. The van der Waals surface area contributed by atoms with Crippen LogP contribution in [0.1, 0.15) is 63.0 Å². The molecule has 3 rings (SSSR count). The van der Waals surface area contributed by atoms with Gasteiger partial charge in [0.05, 0.1) is 7.11 Å². The Morgan fingerprint density at radius 2 is 1.69 bits per heavy atom. The molecular formula is C27H36N2O3. The molecule has 0 radical (unpaired) electrons. The van der Waals surface area contributed by atoms with Crippen LogP contribution in [-0.4, -0.2) is 35.9 Å². The second-order valence-corrected chi connectivity index (χ2v) is 8.62. The zero-order chi connectivity index (χ0) is 22.8. The summed E-state index contributed by atoms with van der Waals surface area (Å²) < 4.78 is 5.26. The number of amides is 2. The van der Waals surface area contributed by atoms with Gasteiger partial charge in [-0.1, -0.05) is 68.7 Å². The summed E-state index contributed by atoms with van der Waals surface area (Å²) >= 11 is 0. The van der Waals surface area contributed by atoms with Gasteiger partial charge in [-0.05, 0) is 48.9 Å². The highest BCUT2D eigenvalue weighted by Crippen LogP contribution is 2.20. The van der Waals surface area contributed by atoms with Crippen LogP contribution < -0.4 is 10.1 Å². The summed E-state index contributed by atoms with van der Waals surface area (Å²) in [4.78, 5) is 28.4. The number of carbonyl (C=O) groups is 2. The van der Waals surface area contributed by atoms with E-state index >= 15 is 0 Å². The predicted octanol–water partition coefficient (Wildman–Crippen LogP) is 4.88. The fourth-order valence-corrected chi connectivity index (χ4v) is 4.43. The van der Waals surface area contributed by atoms with Crippen LogP contribution in [0.4, 0.5) is 0 Å². The van der Waals surface area contributed by atoms with E-state index in [0.29, 0.717) is 25.8 Å². The average molecular weight is 437 g/mol. The SMILES string of the molecule is CCC(C(=O)NC1CCCCC1)N(Cc1ccc(OC)cc1)C(=O)CCc1ccccc1. The van der Waals surface area contributed by atoms with E-state index in [1.54, 1.807) is 12.0 Å². The first-order valence-corrected chi connectivity index (χ1v) is 11.9. The van der Waals surface area contributed by atoms with Crippen LogP contribution in [0, 0.1) is 0 Å². The molecule has 2 aromatic rings. The molecule has 2 amide bonds. The zero-order valence-corrected chi connectivity index (χ0v) is 19.4. The average Bonchev–Trinajstić information content (AvgIpc) is 2.84.